The van der Waals surface area contributed by atoms with E-state index >= 15 is 0 Å². The van der Waals surface area contributed by atoms with E-state index in [-0.39, 0.29) is 17.9 Å². The Bertz CT molecular complexity index is 464. The summed E-state index contributed by atoms with van der Waals surface area (Å²) < 4.78 is 0. The lowest BCUT2D eigenvalue weighted by molar-refractivity contribution is 0.0971. The smallest absolute Gasteiger partial charge is 0.124 e. The molecule has 0 spiro atoms. The van der Waals surface area contributed by atoms with Gasteiger partial charge in [0.05, 0.1) is 6.10 Å². The van der Waals surface area contributed by atoms with Crippen molar-refractivity contribution in [2.45, 2.75) is 19.4 Å². The van der Waals surface area contributed by atoms with Crippen molar-refractivity contribution in [1.82, 2.24) is 0 Å². The molecule has 1 saturated heterocycles. The fraction of sp³-hybridized carbons (Fsp3) is 0.462. The van der Waals surface area contributed by atoms with Crippen LogP contribution in [0.1, 0.15) is 18.9 Å². The fourth-order valence-electron chi connectivity index (χ4n) is 2.35. The lowest BCUT2D eigenvalue weighted by atomic mass is 9.95. The molecule has 0 bridgehead atoms. The second kappa shape index (κ2) is 5.16. The van der Waals surface area contributed by atoms with E-state index in [9.17, 15) is 5.11 Å². The summed E-state index contributed by atoms with van der Waals surface area (Å²) in [6.45, 7) is 3.53. The minimum atomic E-state index is -0.249. The number of aliphatic hydroxyl groups is 1. The van der Waals surface area contributed by atoms with Crippen LogP contribution in [-0.2, 0) is 0 Å². The monoisotopic (exact) mass is 267 g/mol. The molecular weight excluding hydrogens is 250 g/mol. The van der Waals surface area contributed by atoms with Gasteiger partial charge in [0.1, 0.15) is 5.84 Å². The molecule has 0 amide bonds. The minimum Gasteiger partial charge on any atom is -0.393 e. The Labute approximate surface area is 112 Å². The highest BCUT2D eigenvalue weighted by Gasteiger charge is 2.26. The van der Waals surface area contributed by atoms with E-state index in [1.807, 2.05) is 13.0 Å². The molecule has 98 valence electrons. The topological polar surface area (TPSA) is 73.3 Å². The number of aliphatic hydroxyl groups excluding tert-OH is 1. The van der Waals surface area contributed by atoms with Crippen LogP contribution in [0.2, 0.25) is 5.02 Å². The number of hydrogen-bond donors (Lipinski definition) is 3. The number of nitrogen functional groups attached to an aromatic ring is 1. The Morgan fingerprint density at radius 3 is 2.89 bits per heavy atom. The third-order valence-corrected chi connectivity index (χ3v) is 3.69. The van der Waals surface area contributed by atoms with E-state index in [4.69, 9.17) is 22.7 Å². The number of benzene rings is 1. The van der Waals surface area contributed by atoms with E-state index in [2.05, 4.69) is 4.90 Å². The first-order valence-corrected chi connectivity index (χ1v) is 6.44. The van der Waals surface area contributed by atoms with Crippen LogP contribution in [0.15, 0.2) is 18.2 Å². The van der Waals surface area contributed by atoms with E-state index in [1.165, 1.54) is 0 Å². The predicted molar refractivity (Wildman–Crippen MR) is 74.5 cm³/mol. The number of anilines is 1. The second-order valence-electron chi connectivity index (χ2n) is 4.85. The third kappa shape index (κ3) is 2.60. The van der Waals surface area contributed by atoms with Gasteiger partial charge in [-0.05, 0) is 30.5 Å². The molecule has 2 unspecified atom stereocenters. The van der Waals surface area contributed by atoms with Gasteiger partial charge in [-0.15, -0.1) is 0 Å². The van der Waals surface area contributed by atoms with Gasteiger partial charge in [-0.3, -0.25) is 5.41 Å². The summed E-state index contributed by atoms with van der Waals surface area (Å²) in [7, 11) is 0. The molecule has 1 fully saturated rings. The lowest BCUT2D eigenvalue weighted by Gasteiger charge is -2.36. The molecule has 0 aromatic heterocycles. The standard InChI is InChI=1S/C13H18ClN3O/c1-8-7-17(5-4-12(8)18)11-6-9(14)2-3-10(11)13(15)16/h2-3,6,8,12,18H,4-5,7H2,1H3,(H3,15,16). The molecule has 2 atom stereocenters. The van der Waals surface area contributed by atoms with Crippen molar-refractivity contribution in [3.63, 3.8) is 0 Å². The van der Waals surface area contributed by atoms with Crippen LogP contribution < -0.4 is 10.6 Å². The number of nitrogens with zero attached hydrogens (tertiary/aromatic N) is 1. The lowest BCUT2D eigenvalue weighted by Crippen LogP contribution is -2.42. The third-order valence-electron chi connectivity index (χ3n) is 3.45. The van der Waals surface area contributed by atoms with Gasteiger partial charge in [0.2, 0.25) is 0 Å². The Morgan fingerprint density at radius 2 is 2.28 bits per heavy atom. The van der Waals surface area contributed by atoms with Gasteiger partial charge in [0, 0.05) is 29.4 Å². The van der Waals surface area contributed by atoms with Crippen LogP contribution >= 0.6 is 11.6 Å². The first kappa shape index (κ1) is 13.2. The summed E-state index contributed by atoms with van der Waals surface area (Å²) in [5, 5.41) is 18.0. The number of halogens is 1. The zero-order valence-electron chi connectivity index (χ0n) is 10.4. The quantitative estimate of drug-likeness (QED) is 0.565. The summed E-state index contributed by atoms with van der Waals surface area (Å²) in [6, 6.07) is 5.35. The van der Waals surface area contributed by atoms with Crippen molar-refractivity contribution < 1.29 is 5.11 Å². The number of hydrogen-bond acceptors (Lipinski definition) is 3. The van der Waals surface area contributed by atoms with Crippen LogP contribution in [-0.4, -0.2) is 30.1 Å². The molecule has 0 radical (unpaired) electrons. The van der Waals surface area contributed by atoms with E-state index in [0.717, 1.165) is 25.2 Å². The summed E-state index contributed by atoms with van der Waals surface area (Å²) in [5.41, 5.74) is 7.18. The van der Waals surface area contributed by atoms with E-state index in [1.54, 1.807) is 12.1 Å². The van der Waals surface area contributed by atoms with Gasteiger partial charge >= 0.3 is 0 Å². The highest BCUT2D eigenvalue weighted by Crippen LogP contribution is 2.29. The highest BCUT2D eigenvalue weighted by molar-refractivity contribution is 6.31. The van der Waals surface area contributed by atoms with Crippen LogP contribution in [0.5, 0.6) is 0 Å². The van der Waals surface area contributed by atoms with Crippen molar-refractivity contribution in [3.05, 3.63) is 28.8 Å². The average Bonchev–Trinajstić information content (AvgIpc) is 2.32. The summed E-state index contributed by atoms with van der Waals surface area (Å²) in [6.07, 6.45) is 0.478. The minimum absolute atomic E-state index is 0.0421. The van der Waals surface area contributed by atoms with E-state index < -0.39 is 0 Å². The van der Waals surface area contributed by atoms with Crippen molar-refractivity contribution in [1.29, 1.82) is 5.41 Å². The molecule has 1 aromatic carbocycles. The molecule has 0 saturated carbocycles. The molecule has 1 aliphatic rings. The Balaban J connectivity index is 2.32. The highest BCUT2D eigenvalue weighted by atomic mass is 35.5. The molecule has 1 aromatic rings. The summed E-state index contributed by atoms with van der Waals surface area (Å²) in [4.78, 5) is 2.14. The second-order valence-corrected chi connectivity index (χ2v) is 5.29. The molecule has 4 nitrogen and oxygen atoms in total. The number of piperidine rings is 1. The SMILES string of the molecule is CC1CN(c2cc(Cl)ccc2C(=N)N)CCC1O. The summed E-state index contributed by atoms with van der Waals surface area (Å²) >= 11 is 6.02. The predicted octanol–water partition coefficient (Wildman–Crippen LogP) is 1.83. The van der Waals surface area contributed by atoms with Gasteiger partial charge in [-0.1, -0.05) is 18.5 Å². The largest absolute Gasteiger partial charge is 0.393 e. The molecule has 0 aliphatic carbocycles. The summed E-state index contributed by atoms with van der Waals surface area (Å²) in [5.74, 6) is 0.248. The molecule has 5 heteroatoms. The van der Waals surface area contributed by atoms with Crippen LogP contribution in [0, 0.1) is 11.3 Å². The maximum absolute atomic E-state index is 9.76. The van der Waals surface area contributed by atoms with Gasteiger partial charge in [-0.2, -0.15) is 0 Å². The van der Waals surface area contributed by atoms with Crippen molar-refractivity contribution >= 4 is 23.1 Å². The van der Waals surface area contributed by atoms with E-state index in [0.29, 0.717) is 10.6 Å². The Morgan fingerprint density at radius 1 is 1.56 bits per heavy atom. The average molecular weight is 268 g/mol. The first-order chi connectivity index (χ1) is 8.49. The molecule has 4 N–H and O–H groups in total. The zero-order valence-corrected chi connectivity index (χ0v) is 11.1. The molecule has 2 rings (SSSR count). The van der Waals surface area contributed by atoms with Crippen LogP contribution in [0.3, 0.4) is 0 Å². The van der Waals surface area contributed by atoms with Crippen LogP contribution in [0.25, 0.3) is 0 Å². The van der Waals surface area contributed by atoms with Crippen LogP contribution in [0.4, 0.5) is 5.69 Å². The molecule has 18 heavy (non-hydrogen) atoms. The van der Waals surface area contributed by atoms with Gasteiger partial charge in [0.25, 0.3) is 0 Å². The number of nitrogens with one attached hydrogen (secondary N) is 1. The normalized spacial score (nSPS) is 24.1. The number of rotatable bonds is 2. The van der Waals surface area contributed by atoms with Crippen molar-refractivity contribution in [2.75, 3.05) is 18.0 Å². The van der Waals surface area contributed by atoms with Gasteiger partial charge in [0.15, 0.2) is 0 Å². The first-order valence-electron chi connectivity index (χ1n) is 6.06. The Hall–Kier alpha value is -1.26. The van der Waals surface area contributed by atoms with Crippen molar-refractivity contribution in [3.8, 4) is 0 Å². The fourth-order valence-corrected chi connectivity index (χ4v) is 2.51. The van der Waals surface area contributed by atoms with Gasteiger partial charge < -0.3 is 15.7 Å². The Kier molecular flexibility index (Phi) is 3.78. The zero-order chi connectivity index (χ0) is 13.3. The maximum Gasteiger partial charge on any atom is 0.124 e. The van der Waals surface area contributed by atoms with Crippen molar-refractivity contribution in [2.24, 2.45) is 11.7 Å². The maximum atomic E-state index is 9.76. The number of amidine groups is 1. The van der Waals surface area contributed by atoms with Gasteiger partial charge in [-0.25, -0.2) is 0 Å². The number of nitrogens with two attached hydrogens (primary N) is 1. The molecular formula is C13H18ClN3O. The molecule has 1 heterocycles. The molecule has 1 aliphatic heterocycles.